The number of carbonyl (C=O) groups excluding carboxylic acids is 1. The van der Waals surface area contributed by atoms with Gasteiger partial charge in [0.25, 0.3) is 0 Å². The zero-order valence-electron chi connectivity index (χ0n) is 12.6. The van der Waals surface area contributed by atoms with Gasteiger partial charge < -0.3 is 10.1 Å². The van der Waals surface area contributed by atoms with Gasteiger partial charge in [-0.25, -0.2) is 4.79 Å². The number of halogens is 2. The third-order valence-corrected chi connectivity index (χ3v) is 4.25. The van der Waals surface area contributed by atoms with E-state index in [1.54, 1.807) is 41.3 Å². The second-order valence-electron chi connectivity index (χ2n) is 5.74. The SMILES string of the molecule is CC1(N(C(=O)Nc2ccc(Cl)cc2)c2ccc(Cl)cc2)COC1. The molecule has 0 saturated carbocycles. The standard InChI is InChI=1S/C17H16Cl2N2O2/c1-17(10-23-11-17)21(15-8-4-13(19)5-9-15)16(22)20-14-6-2-12(18)3-7-14/h2-9H,10-11H2,1H3,(H,20,22). The molecule has 0 radical (unpaired) electrons. The summed E-state index contributed by atoms with van der Waals surface area (Å²) in [6, 6.07) is 14.0. The second-order valence-corrected chi connectivity index (χ2v) is 6.61. The predicted molar refractivity (Wildman–Crippen MR) is 93.6 cm³/mol. The first-order valence-electron chi connectivity index (χ1n) is 7.18. The second kappa shape index (κ2) is 6.40. The van der Waals surface area contributed by atoms with Crippen molar-refractivity contribution in [2.24, 2.45) is 0 Å². The highest BCUT2D eigenvalue weighted by Crippen LogP contribution is 2.32. The van der Waals surface area contributed by atoms with Crippen molar-refractivity contribution in [1.29, 1.82) is 0 Å². The van der Waals surface area contributed by atoms with E-state index in [9.17, 15) is 4.79 Å². The summed E-state index contributed by atoms with van der Waals surface area (Å²) in [7, 11) is 0. The topological polar surface area (TPSA) is 41.6 Å². The summed E-state index contributed by atoms with van der Waals surface area (Å²) in [6.07, 6.45) is 0. The van der Waals surface area contributed by atoms with Crippen LogP contribution in [0.15, 0.2) is 48.5 Å². The monoisotopic (exact) mass is 350 g/mol. The molecule has 1 N–H and O–H groups in total. The molecule has 6 heteroatoms. The maximum Gasteiger partial charge on any atom is 0.326 e. The van der Waals surface area contributed by atoms with E-state index in [1.807, 2.05) is 19.1 Å². The minimum absolute atomic E-state index is 0.222. The van der Waals surface area contributed by atoms with Gasteiger partial charge in [-0.05, 0) is 55.5 Å². The fourth-order valence-electron chi connectivity index (χ4n) is 2.50. The van der Waals surface area contributed by atoms with Gasteiger partial charge in [0.2, 0.25) is 0 Å². The Morgan fingerprint density at radius 1 is 1.04 bits per heavy atom. The molecule has 1 aliphatic heterocycles. The van der Waals surface area contributed by atoms with Gasteiger partial charge in [-0.2, -0.15) is 0 Å². The summed E-state index contributed by atoms with van der Waals surface area (Å²) < 4.78 is 5.31. The Balaban J connectivity index is 1.87. The molecular weight excluding hydrogens is 335 g/mol. The number of carbonyl (C=O) groups is 1. The molecule has 0 aromatic heterocycles. The summed E-state index contributed by atoms with van der Waals surface area (Å²) >= 11 is 11.8. The van der Waals surface area contributed by atoms with Gasteiger partial charge in [-0.1, -0.05) is 23.2 Å². The van der Waals surface area contributed by atoms with Crippen LogP contribution in [0.4, 0.5) is 16.2 Å². The zero-order chi connectivity index (χ0) is 16.4. The molecule has 0 unspecified atom stereocenters. The van der Waals surface area contributed by atoms with Gasteiger partial charge in [0.15, 0.2) is 0 Å². The first-order valence-corrected chi connectivity index (χ1v) is 7.94. The number of benzene rings is 2. The van der Waals surface area contributed by atoms with Gasteiger partial charge in [0.05, 0.1) is 18.8 Å². The molecule has 1 heterocycles. The van der Waals surface area contributed by atoms with Crippen molar-refractivity contribution in [3.63, 3.8) is 0 Å². The van der Waals surface area contributed by atoms with Crippen molar-refractivity contribution in [3.8, 4) is 0 Å². The molecule has 1 saturated heterocycles. The van der Waals surface area contributed by atoms with Crippen molar-refractivity contribution in [2.45, 2.75) is 12.5 Å². The van der Waals surface area contributed by atoms with E-state index in [4.69, 9.17) is 27.9 Å². The fourth-order valence-corrected chi connectivity index (χ4v) is 2.76. The van der Waals surface area contributed by atoms with Gasteiger partial charge in [-0.15, -0.1) is 0 Å². The predicted octanol–water partition coefficient (Wildman–Crippen LogP) is 4.82. The minimum Gasteiger partial charge on any atom is -0.376 e. The van der Waals surface area contributed by atoms with E-state index in [0.717, 1.165) is 5.69 Å². The lowest BCUT2D eigenvalue weighted by Gasteiger charge is -2.46. The number of ether oxygens (including phenoxy) is 1. The number of nitrogens with one attached hydrogen (secondary N) is 1. The molecule has 3 rings (SSSR count). The van der Waals surface area contributed by atoms with Crippen molar-refractivity contribution < 1.29 is 9.53 Å². The van der Waals surface area contributed by atoms with Crippen LogP contribution in [0.5, 0.6) is 0 Å². The summed E-state index contributed by atoms with van der Waals surface area (Å²) in [6.45, 7) is 2.97. The quantitative estimate of drug-likeness (QED) is 0.861. The molecule has 1 aliphatic rings. The largest absolute Gasteiger partial charge is 0.376 e. The fraction of sp³-hybridized carbons (Fsp3) is 0.235. The number of anilines is 2. The smallest absolute Gasteiger partial charge is 0.326 e. The van der Waals surface area contributed by atoms with Crippen molar-refractivity contribution in [1.82, 2.24) is 0 Å². The molecule has 2 amide bonds. The lowest BCUT2D eigenvalue weighted by molar-refractivity contribution is -0.0431. The van der Waals surface area contributed by atoms with Crippen LogP contribution in [0.3, 0.4) is 0 Å². The summed E-state index contributed by atoms with van der Waals surface area (Å²) in [4.78, 5) is 14.5. The molecule has 0 bridgehead atoms. The maximum absolute atomic E-state index is 12.8. The highest BCUT2D eigenvalue weighted by molar-refractivity contribution is 6.31. The average Bonchev–Trinajstić information content (AvgIpc) is 2.50. The molecule has 2 aromatic carbocycles. The molecule has 4 nitrogen and oxygen atoms in total. The molecule has 2 aromatic rings. The van der Waals surface area contributed by atoms with Crippen molar-refractivity contribution >= 4 is 40.6 Å². The first kappa shape index (κ1) is 16.1. The lowest BCUT2D eigenvalue weighted by Crippen LogP contribution is -2.63. The van der Waals surface area contributed by atoms with Crippen LogP contribution in [0, 0.1) is 0 Å². The van der Waals surface area contributed by atoms with Crippen LogP contribution in [0.1, 0.15) is 6.92 Å². The van der Waals surface area contributed by atoms with Crippen molar-refractivity contribution in [2.75, 3.05) is 23.4 Å². The highest BCUT2D eigenvalue weighted by Gasteiger charge is 2.43. The molecule has 120 valence electrons. The zero-order valence-corrected chi connectivity index (χ0v) is 14.1. The maximum atomic E-state index is 12.8. The molecular formula is C17H16Cl2N2O2. The molecule has 23 heavy (non-hydrogen) atoms. The first-order chi connectivity index (χ1) is 11.0. The van der Waals surface area contributed by atoms with E-state index < -0.39 is 0 Å². The third-order valence-electron chi connectivity index (χ3n) is 3.75. The van der Waals surface area contributed by atoms with Crippen LogP contribution in [0.25, 0.3) is 0 Å². The van der Waals surface area contributed by atoms with Crippen LogP contribution in [0.2, 0.25) is 10.0 Å². The van der Waals surface area contributed by atoms with Crippen LogP contribution >= 0.6 is 23.2 Å². The Hall–Kier alpha value is -1.75. The molecule has 1 fully saturated rings. The van der Waals surface area contributed by atoms with Gasteiger partial charge in [-0.3, -0.25) is 4.90 Å². The summed E-state index contributed by atoms with van der Waals surface area (Å²) in [5, 5.41) is 4.15. The number of hydrogen-bond acceptors (Lipinski definition) is 2. The lowest BCUT2D eigenvalue weighted by atomic mass is 9.97. The Morgan fingerprint density at radius 3 is 2.04 bits per heavy atom. The van der Waals surface area contributed by atoms with E-state index in [1.165, 1.54) is 0 Å². The van der Waals surface area contributed by atoms with E-state index in [2.05, 4.69) is 5.32 Å². The highest BCUT2D eigenvalue weighted by atomic mass is 35.5. The number of rotatable bonds is 3. The number of nitrogens with zero attached hydrogens (tertiary/aromatic N) is 1. The van der Waals surface area contributed by atoms with Crippen LogP contribution in [-0.4, -0.2) is 24.8 Å². The molecule has 0 atom stereocenters. The Morgan fingerprint density at radius 2 is 1.57 bits per heavy atom. The summed E-state index contributed by atoms with van der Waals surface area (Å²) in [5.41, 5.74) is 1.07. The van der Waals surface area contributed by atoms with Crippen LogP contribution in [-0.2, 0) is 4.74 Å². The number of urea groups is 1. The molecule has 0 spiro atoms. The van der Waals surface area contributed by atoms with E-state index >= 15 is 0 Å². The molecule has 0 aliphatic carbocycles. The van der Waals surface area contributed by atoms with Crippen LogP contribution < -0.4 is 10.2 Å². The Kier molecular flexibility index (Phi) is 4.48. The van der Waals surface area contributed by atoms with Gasteiger partial charge >= 0.3 is 6.03 Å². The van der Waals surface area contributed by atoms with E-state index in [0.29, 0.717) is 28.9 Å². The minimum atomic E-state index is -0.385. The van der Waals surface area contributed by atoms with Gasteiger partial charge in [0, 0.05) is 21.4 Å². The Labute approximate surface area is 144 Å². The van der Waals surface area contributed by atoms with E-state index in [-0.39, 0.29) is 11.6 Å². The summed E-state index contributed by atoms with van der Waals surface area (Å²) in [5.74, 6) is 0. The Bertz CT molecular complexity index is 698. The van der Waals surface area contributed by atoms with Crippen molar-refractivity contribution in [3.05, 3.63) is 58.6 Å². The average molecular weight is 351 g/mol. The normalized spacial score (nSPS) is 15.6. The third kappa shape index (κ3) is 3.44. The number of amides is 2. The number of hydrogen-bond donors (Lipinski definition) is 1. The van der Waals surface area contributed by atoms with Gasteiger partial charge in [0.1, 0.15) is 0 Å².